The van der Waals surface area contributed by atoms with Gasteiger partial charge in [0.2, 0.25) is 0 Å². The number of benzene rings is 2. The number of nitrogens with one attached hydrogen (secondary N) is 1. The van der Waals surface area contributed by atoms with E-state index in [-0.39, 0.29) is 12.1 Å². The highest BCUT2D eigenvalue weighted by molar-refractivity contribution is 5.94. The maximum atomic E-state index is 13.6. The number of hydrogen-bond acceptors (Lipinski definition) is 3. The fraction of sp³-hybridized carbons (Fsp3) is 0.235. The van der Waals surface area contributed by atoms with Crippen LogP contribution < -0.4 is 14.8 Å². The fourth-order valence-corrected chi connectivity index (χ4v) is 2.13. The van der Waals surface area contributed by atoms with E-state index >= 15 is 0 Å². The third-order valence-electron chi connectivity index (χ3n) is 3.40. The van der Waals surface area contributed by atoms with Crippen molar-refractivity contribution in [1.82, 2.24) is 5.32 Å². The summed E-state index contributed by atoms with van der Waals surface area (Å²) in [6, 6.07) is 9.52. The summed E-state index contributed by atoms with van der Waals surface area (Å²) in [5.74, 6) is 0.226. The summed E-state index contributed by atoms with van der Waals surface area (Å²) in [6.07, 6.45) is 0. The van der Waals surface area contributed by atoms with E-state index in [2.05, 4.69) is 5.32 Å². The first-order valence-electron chi connectivity index (χ1n) is 6.81. The van der Waals surface area contributed by atoms with E-state index in [0.29, 0.717) is 11.5 Å². The Bertz CT molecular complexity index is 686. The zero-order valence-electron chi connectivity index (χ0n) is 12.8. The van der Waals surface area contributed by atoms with Crippen LogP contribution in [-0.2, 0) is 6.54 Å². The molecule has 1 amide bonds. The number of carbonyl (C=O) groups excluding carboxylic acids is 1. The summed E-state index contributed by atoms with van der Waals surface area (Å²) < 4.78 is 24.0. The minimum atomic E-state index is -0.538. The Balaban J connectivity index is 2.15. The Morgan fingerprint density at radius 1 is 1.14 bits per heavy atom. The van der Waals surface area contributed by atoms with Crippen LogP contribution in [0.1, 0.15) is 21.5 Å². The highest BCUT2D eigenvalue weighted by Gasteiger charge is 2.12. The van der Waals surface area contributed by atoms with Gasteiger partial charge in [-0.15, -0.1) is 0 Å². The Morgan fingerprint density at radius 2 is 1.77 bits per heavy atom. The molecule has 0 fully saturated rings. The van der Waals surface area contributed by atoms with Crippen molar-refractivity contribution >= 4 is 5.91 Å². The van der Waals surface area contributed by atoms with Crippen molar-refractivity contribution in [1.29, 1.82) is 0 Å². The zero-order chi connectivity index (χ0) is 16.1. The second-order valence-electron chi connectivity index (χ2n) is 4.80. The molecule has 22 heavy (non-hydrogen) atoms. The minimum absolute atomic E-state index is 0.0284. The van der Waals surface area contributed by atoms with Gasteiger partial charge in [-0.2, -0.15) is 0 Å². The van der Waals surface area contributed by atoms with E-state index in [4.69, 9.17) is 9.47 Å². The molecule has 0 spiro atoms. The number of hydrogen-bond donors (Lipinski definition) is 1. The van der Waals surface area contributed by atoms with E-state index in [9.17, 15) is 9.18 Å². The van der Waals surface area contributed by atoms with Crippen molar-refractivity contribution in [3.63, 3.8) is 0 Å². The third kappa shape index (κ3) is 3.36. The van der Waals surface area contributed by atoms with E-state index in [1.54, 1.807) is 32.4 Å². The molecule has 0 radical (unpaired) electrons. The van der Waals surface area contributed by atoms with Gasteiger partial charge in [-0.05, 0) is 42.3 Å². The molecule has 1 N–H and O–H groups in total. The van der Waals surface area contributed by atoms with Gasteiger partial charge in [0.15, 0.2) is 11.5 Å². The molecule has 0 atom stereocenters. The average molecular weight is 303 g/mol. The Labute approximate surface area is 128 Å². The first-order valence-corrected chi connectivity index (χ1v) is 6.81. The first-order chi connectivity index (χ1) is 10.6. The van der Waals surface area contributed by atoms with Gasteiger partial charge in [0.1, 0.15) is 5.82 Å². The summed E-state index contributed by atoms with van der Waals surface area (Å²) >= 11 is 0. The fourth-order valence-electron chi connectivity index (χ4n) is 2.13. The van der Waals surface area contributed by atoms with Crippen LogP contribution in [-0.4, -0.2) is 20.1 Å². The molecule has 0 aliphatic heterocycles. The number of rotatable bonds is 5. The Morgan fingerprint density at radius 3 is 2.41 bits per heavy atom. The van der Waals surface area contributed by atoms with Crippen molar-refractivity contribution in [3.8, 4) is 11.5 Å². The van der Waals surface area contributed by atoms with Crippen LogP contribution >= 0.6 is 0 Å². The molecule has 0 saturated heterocycles. The standard InChI is InChI=1S/C17H18FNO3/c1-11-8-15(21-2)16(22-3)9-12(11)10-19-17(20)13-6-4-5-7-14(13)18/h4-9H,10H2,1-3H3,(H,19,20). The first kappa shape index (κ1) is 15.8. The SMILES string of the molecule is COc1cc(C)c(CNC(=O)c2ccccc2F)cc1OC. The van der Waals surface area contributed by atoms with Crippen LogP contribution in [0.5, 0.6) is 11.5 Å². The summed E-state index contributed by atoms with van der Waals surface area (Å²) in [6.45, 7) is 2.19. The number of aryl methyl sites for hydroxylation is 1. The monoisotopic (exact) mass is 303 g/mol. The Hall–Kier alpha value is -2.56. The average Bonchev–Trinajstić information content (AvgIpc) is 2.53. The smallest absolute Gasteiger partial charge is 0.254 e. The summed E-state index contributed by atoms with van der Waals surface area (Å²) in [4.78, 5) is 12.0. The normalized spacial score (nSPS) is 10.2. The third-order valence-corrected chi connectivity index (χ3v) is 3.40. The van der Waals surface area contributed by atoms with E-state index in [0.717, 1.165) is 11.1 Å². The maximum absolute atomic E-state index is 13.6. The van der Waals surface area contributed by atoms with Crippen LogP contribution in [0.3, 0.4) is 0 Å². The molecule has 0 unspecified atom stereocenters. The van der Waals surface area contributed by atoms with Gasteiger partial charge < -0.3 is 14.8 Å². The zero-order valence-corrected chi connectivity index (χ0v) is 12.8. The lowest BCUT2D eigenvalue weighted by atomic mass is 10.1. The second kappa shape index (κ2) is 6.93. The summed E-state index contributed by atoms with van der Waals surface area (Å²) in [7, 11) is 3.12. The number of methoxy groups -OCH3 is 2. The predicted molar refractivity (Wildman–Crippen MR) is 81.9 cm³/mol. The van der Waals surface area contributed by atoms with Crippen LogP contribution in [0.15, 0.2) is 36.4 Å². The molecule has 5 heteroatoms. The van der Waals surface area contributed by atoms with Crippen molar-refractivity contribution in [3.05, 3.63) is 58.9 Å². The van der Waals surface area contributed by atoms with Crippen LogP contribution in [0.4, 0.5) is 4.39 Å². The second-order valence-corrected chi connectivity index (χ2v) is 4.80. The molecule has 2 aromatic carbocycles. The molecule has 0 heterocycles. The summed E-state index contributed by atoms with van der Waals surface area (Å²) in [5, 5.41) is 2.71. The molecular formula is C17H18FNO3. The van der Waals surface area contributed by atoms with Gasteiger partial charge in [-0.1, -0.05) is 12.1 Å². The maximum Gasteiger partial charge on any atom is 0.254 e. The lowest BCUT2D eigenvalue weighted by molar-refractivity contribution is 0.0947. The van der Waals surface area contributed by atoms with Gasteiger partial charge in [-0.25, -0.2) is 4.39 Å². The molecule has 116 valence electrons. The van der Waals surface area contributed by atoms with Gasteiger partial charge in [0.05, 0.1) is 19.8 Å². The quantitative estimate of drug-likeness (QED) is 0.923. The molecule has 0 saturated carbocycles. The largest absolute Gasteiger partial charge is 0.493 e. The van der Waals surface area contributed by atoms with E-state index < -0.39 is 11.7 Å². The number of carbonyl (C=O) groups is 1. The number of amides is 1. The molecule has 0 aliphatic rings. The van der Waals surface area contributed by atoms with Crippen molar-refractivity contribution in [2.75, 3.05) is 14.2 Å². The highest BCUT2D eigenvalue weighted by Crippen LogP contribution is 2.30. The molecule has 2 rings (SSSR count). The van der Waals surface area contributed by atoms with Crippen molar-refractivity contribution in [2.24, 2.45) is 0 Å². The topological polar surface area (TPSA) is 47.6 Å². The lowest BCUT2D eigenvalue weighted by Crippen LogP contribution is -2.24. The predicted octanol–water partition coefficient (Wildman–Crippen LogP) is 3.08. The van der Waals surface area contributed by atoms with Crippen molar-refractivity contribution in [2.45, 2.75) is 13.5 Å². The van der Waals surface area contributed by atoms with Crippen molar-refractivity contribution < 1.29 is 18.7 Å². The molecular weight excluding hydrogens is 285 g/mol. The van der Waals surface area contributed by atoms with E-state index in [1.807, 2.05) is 13.0 Å². The number of halogens is 1. The van der Waals surface area contributed by atoms with Crippen LogP contribution in [0.2, 0.25) is 0 Å². The van der Waals surface area contributed by atoms with Crippen LogP contribution in [0, 0.1) is 12.7 Å². The molecule has 0 aliphatic carbocycles. The highest BCUT2D eigenvalue weighted by atomic mass is 19.1. The van der Waals surface area contributed by atoms with Crippen LogP contribution in [0.25, 0.3) is 0 Å². The van der Waals surface area contributed by atoms with Gasteiger partial charge in [0, 0.05) is 6.54 Å². The van der Waals surface area contributed by atoms with E-state index in [1.165, 1.54) is 12.1 Å². The Kier molecular flexibility index (Phi) is 4.99. The molecule has 4 nitrogen and oxygen atoms in total. The lowest BCUT2D eigenvalue weighted by Gasteiger charge is -2.13. The van der Waals surface area contributed by atoms with Gasteiger partial charge in [-0.3, -0.25) is 4.79 Å². The summed E-state index contributed by atoms with van der Waals surface area (Å²) in [5.41, 5.74) is 1.86. The molecule has 0 aromatic heterocycles. The number of ether oxygens (including phenoxy) is 2. The van der Waals surface area contributed by atoms with Gasteiger partial charge >= 0.3 is 0 Å². The van der Waals surface area contributed by atoms with Gasteiger partial charge in [0.25, 0.3) is 5.91 Å². The molecule has 2 aromatic rings. The minimum Gasteiger partial charge on any atom is -0.493 e. The molecule has 0 bridgehead atoms.